The molecule has 3 N–H and O–H groups in total. The molecule has 3 nitrogen and oxygen atoms in total. The van der Waals surface area contributed by atoms with Crippen LogP contribution in [0.1, 0.15) is 31.0 Å². The summed E-state index contributed by atoms with van der Waals surface area (Å²) >= 11 is 3.29. The Bertz CT molecular complexity index is 611. The van der Waals surface area contributed by atoms with Gasteiger partial charge >= 0.3 is 0 Å². The number of hydrogen-bond donors (Lipinski definition) is 2. The Morgan fingerprint density at radius 2 is 2.06 bits per heavy atom. The predicted molar refractivity (Wildman–Crippen MR) is 76.0 cm³/mol. The Balaban J connectivity index is 2.94. The molecule has 0 aliphatic carbocycles. The van der Waals surface area contributed by atoms with Gasteiger partial charge in [0, 0.05) is 21.1 Å². The number of hydrazine groups is 1. The summed E-state index contributed by atoms with van der Waals surface area (Å²) in [5.74, 6) is 5.51. The van der Waals surface area contributed by atoms with Crippen molar-refractivity contribution < 1.29 is 4.39 Å². The number of benzene rings is 1. The fourth-order valence-electron chi connectivity index (χ4n) is 2.29. The van der Waals surface area contributed by atoms with E-state index in [0.717, 1.165) is 16.9 Å². The van der Waals surface area contributed by atoms with Crippen LogP contribution in [0.25, 0.3) is 10.9 Å². The lowest BCUT2D eigenvalue weighted by molar-refractivity contribution is 0.635. The molecule has 1 aromatic heterocycles. The van der Waals surface area contributed by atoms with Gasteiger partial charge in [-0.1, -0.05) is 29.8 Å². The molecule has 2 aromatic rings. The SMILES string of the molecule is Cc1nc2c(F)cc(Br)cc2c(NN)c1C(C)C. The van der Waals surface area contributed by atoms with Gasteiger partial charge in [-0.15, -0.1) is 0 Å². The van der Waals surface area contributed by atoms with E-state index in [1.807, 2.05) is 13.0 Å². The summed E-state index contributed by atoms with van der Waals surface area (Å²) in [5.41, 5.74) is 5.59. The molecule has 18 heavy (non-hydrogen) atoms. The van der Waals surface area contributed by atoms with Crippen molar-refractivity contribution in [3.63, 3.8) is 0 Å². The smallest absolute Gasteiger partial charge is 0.150 e. The van der Waals surface area contributed by atoms with E-state index in [1.165, 1.54) is 6.07 Å². The summed E-state index contributed by atoms with van der Waals surface area (Å²) in [6, 6.07) is 3.23. The molecule has 0 aliphatic heterocycles. The quantitative estimate of drug-likeness (QED) is 0.654. The minimum atomic E-state index is -0.353. The highest BCUT2D eigenvalue weighted by Gasteiger charge is 2.17. The van der Waals surface area contributed by atoms with E-state index in [2.05, 4.69) is 40.2 Å². The van der Waals surface area contributed by atoms with Gasteiger partial charge in [0.1, 0.15) is 5.52 Å². The van der Waals surface area contributed by atoms with Gasteiger partial charge in [0.05, 0.1) is 5.69 Å². The maximum Gasteiger partial charge on any atom is 0.150 e. The number of nitrogens with two attached hydrogens (primary N) is 1. The maximum atomic E-state index is 13.9. The summed E-state index contributed by atoms with van der Waals surface area (Å²) in [6.07, 6.45) is 0. The maximum absolute atomic E-state index is 13.9. The minimum Gasteiger partial charge on any atom is -0.323 e. The van der Waals surface area contributed by atoms with Crippen LogP contribution in [0, 0.1) is 12.7 Å². The molecule has 0 saturated heterocycles. The lowest BCUT2D eigenvalue weighted by atomic mass is 9.97. The number of anilines is 1. The van der Waals surface area contributed by atoms with Crippen molar-refractivity contribution >= 4 is 32.5 Å². The molecule has 0 radical (unpaired) electrons. The molecule has 0 fully saturated rings. The van der Waals surface area contributed by atoms with Crippen LogP contribution in [0.3, 0.4) is 0 Å². The van der Waals surface area contributed by atoms with Crippen molar-refractivity contribution in [1.29, 1.82) is 0 Å². The molecule has 0 saturated carbocycles. The van der Waals surface area contributed by atoms with Crippen LogP contribution in [0.5, 0.6) is 0 Å². The second-order valence-corrected chi connectivity index (χ2v) is 5.48. The number of hydrogen-bond acceptors (Lipinski definition) is 3. The summed E-state index contributed by atoms with van der Waals surface area (Å²) in [6.45, 7) is 5.99. The third-order valence-corrected chi connectivity index (χ3v) is 3.42. The molecule has 1 heterocycles. The first-order valence-corrected chi connectivity index (χ1v) is 6.50. The van der Waals surface area contributed by atoms with E-state index in [4.69, 9.17) is 5.84 Å². The topological polar surface area (TPSA) is 50.9 Å². The van der Waals surface area contributed by atoms with E-state index in [1.54, 1.807) is 0 Å². The van der Waals surface area contributed by atoms with Gasteiger partial charge in [-0.2, -0.15) is 0 Å². The zero-order valence-corrected chi connectivity index (χ0v) is 12.1. The van der Waals surface area contributed by atoms with Crippen LogP contribution in [0.4, 0.5) is 10.1 Å². The Labute approximate surface area is 114 Å². The zero-order valence-electron chi connectivity index (χ0n) is 10.5. The largest absolute Gasteiger partial charge is 0.323 e. The molecule has 0 amide bonds. The molecule has 2 rings (SSSR count). The number of aromatic nitrogens is 1. The molecule has 0 atom stereocenters. The average molecular weight is 312 g/mol. The highest BCUT2D eigenvalue weighted by atomic mass is 79.9. The molecule has 1 aromatic carbocycles. The van der Waals surface area contributed by atoms with Gasteiger partial charge in [-0.3, -0.25) is 5.84 Å². The normalized spacial score (nSPS) is 11.3. The standard InChI is InChI=1S/C13H15BrFN3/c1-6(2)11-7(3)17-12-9(13(11)18-16)4-8(14)5-10(12)15/h4-6H,16H2,1-3H3,(H,17,18). The third kappa shape index (κ3) is 2.08. The van der Waals surface area contributed by atoms with Crippen molar-refractivity contribution in [2.75, 3.05) is 5.43 Å². The monoisotopic (exact) mass is 311 g/mol. The van der Waals surface area contributed by atoms with Crippen LogP contribution >= 0.6 is 15.9 Å². The van der Waals surface area contributed by atoms with Crippen LogP contribution in [-0.2, 0) is 0 Å². The first kappa shape index (κ1) is 13.2. The van der Waals surface area contributed by atoms with Crippen LogP contribution in [0.15, 0.2) is 16.6 Å². The molecule has 0 unspecified atom stereocenters. The van der Waals surface area contributed by atoms with E-state index < -0.39 is 0 Å². The Morgan fingerprint density at radius 1 is 1.39 bits per heavy atom. The summed E-state index contributed by atoms with van der Waals surface area (Å²) in [7, 11) is 0. The van der Waals surface area contributed by atoms with E-state index in [0.29, 0.717) is 15.4 Å². The molecule has 96 valence electrons. The summed E-state index contributed by atoms with van der Waals surface area (Å²) in [5, 5.41) is 0.693. The van der Waals surface area contributed by atoms with Crippen LogP contribution in [0.2, 0.25) is 0 Å². The van der Waals surface area contributed by atoms with Crippen LogP contribution in [-0.4, -0.2) is 4.98 Å². The number of nitrogen functional groups attached to an aromatic ring is 1. The number of rotatable bonds is 2. The van der Waals surface area contributed by atoms with Gasteiger partial charge in [-0.05, 0) is 25.0 Å². The highest BCUT2D eigenvalue weighted by Crippen LogP contribution is 2.35. The number of halogens is 2. The van der Waals surface area contributed by atoms with Crippen LogP contribution < -0.4 is 11.3 Å². The molecular weight excluding hydrogens is 297 g/mol. The number of pyridine rings is 1. The molecule has 0 aliphatic rings. The number of nitrogens with zero attached hydrogens (tertiary/aromatic N) is 1. The lowest BCUT2D eigenvalue weighted by Gasteiger charge is -2.17. The fraction of sp³-hybridized carbons (Fsp3) is 0.308. The number of nitrogens with one attached hydrogen (secondary N) is 1. The summed E-state index contributed by atoms with van der Waals surface area (Å²) < 4.78 is 14.6. The minimum absolute atomic E-state index is 0.259. The number of aryl methyl sites for hydroxylation is 1. The lowest BCUT2D eigenvalue weighted by Crippen LogP contribution is -2.13. The highest BCUT2D eigenvalue weighted by molar-refractivity contribution is 9.10. The Kier molecular flexibility index (Phi) is 3.54. The zero-order chi connectivity index (χ0) is 13.4. The number of fused-ring (bicyclic) bond motifs is 1. The van der Waals surface area contributed by atoms with Gasteiger partial charge in [0.25, 0.3) is 0 Å². The molecule has 0 bridgehead atoms. The fourth-order valence-corrected chi connectivity index (χ4v) is 2.72. The Hall–Kier alpha value is -1.20. The van der Waals surface area contributed by atoms with E-state index >= 15 is 0 Å². The molecular formula is C13H15BrFN3. The second kappa shape index (κ2) is 4.82. The van der Waals surface area contributed by atoms with Gasteiger partial charge in [-0.25, -0.2) is 9.37 Å². The van der Waals surface area contributed by atoms with Crippen molar-refractivity contribution in [3.8, 4) is 0 Å². The first-order valence-electron chi connectivity index (χ1n) is 5.71. The van der Waals surface area contributed by atoms with E-state index in [-0.39, 0.29) is 11.7 Å². The van der Waals surface area contributed by atoms with E-state index in [9.17, 15) is 4.39 Å². The average Bonchev–Trinajstić information content (AvgIpc) is 2.28. The van der Waals surface area contributed by atoms with Gasteiger partial charge in [0.15, 0.2) is 5.82 Å². The van der Waals surface area contributed by atoms with Gasteiger partial charge in [0.2, 0.25) is 0 Å². The molecule has 5 heteroatoms. The van der Waals surface area contributed by atoms with Crippen molar-refractivity contribution in [2.24, 2.45) is 5.84 Å². The summed E-state index contributed by atoms with van der Waals surface area (Å²) in [4.78, 5) is 4.35. The Morgan fingerprint density at radius 3 is 2.61 bits per heavy atom. The van der Waals surface area contributed by atoms with Gasteiger partial charge < -0.3 is 5.43 Å². The second-order valence-electron chi connectivity index (χ2n) is 4.57. The van der Waals surface area contributed by atoms with Crippen molar-refractivity contribution in [2.45, 2.75) is 26.7 Å². The van der Waals surface area contributed by atoms with Crippen molar-refractivity contribution in [3.05, 3.63) is 33.7 Å². The third-order valence-electron chi connectivity index (χ3n) is 2.96. The first-order chi connectivity index (χ1) is 8.45. The predicted octanol–water partition coefficient (Wildman–Crippen LogP) is 3.85. The molecule has 0 spiro atoms. The van der Waals surface area contributed by atoms with Crippen molar-refractivity contribution in [1.82, 2.24) is 4.98 Å².